The molecule has 37 heavy (non-hydrogen) atoms. The van der Waals surface area contributed by atoms with Gasteiger partial charge in [-0.2, -0.15) is 0 Å². The monoisotopic (exact) mass is 515 g/mol. The lowest BCUT2D eigenvalue weighted by atomic mass is 9.38. The van der Waals surface area contributed by atoms with Crippen LogP contribution in [-0.4, -0.2) is 76.9 Å². The number of carbonyl (C=O) groups is 3. The molecule has 8 fully saturated rings. The summed E-state index contributed by atoms with van der Waals surface area (Å²) in [7, 11) is 2.01. The zero-order chi connectivity index (χ0) is 26.8. The van der Waals surface area contributed by atoms with Gasteiger partial charge in [0.25, 0.3) is 0 Å². The van der Waals surface area contributed by atoms with Gasteiger partial charge in [0.15, 0.2) is 0 Å². The summed E-state index contributed by atoms with van der Waals surface area (Å²) in [5.74, 6) is -1.95. The number of aliphatic hydroxyl groups excluding tert-OH is 2. The molecular weight excluding hydrogens is 474 g/mol. The van der Waals surface area contributed by atoms with Crippen molar-refractivity contribution in [1.82, 2.24) is 4.90 Å². The summed E-state index contributed by atoms with van der Waals surface area (Å²) >= 11 is 0. The molecule has 2 spiro atoms. The first-order valence-electron chi connectivity index (χ1n) is 14.1. The average Bonchev–Trinajstić information content (AvgIpc) is 3.16. The van der Waals surface area contributed by atoms with E-state index in [-0.39, 0.29) is 54.1 Å². The van der Waals surface area contributed by atoms with Gasteiger partial charge in [0.1, 0.15) is 18.5 Å². The second-order valence-corrected chi connectivity index (χ2v) is 13.3. The highest BCUT2D eigenvalue weighted by Crippen LogP contribution is 2.84. The van der Waals surface area contributed by atoms with E-state index in [0.29, 0.717) is 25.7 Å². The van der Waals surface area contributed by atoms with Crippen molar-refractivity contribution in [1.29, 1.82) is 0 Å². The Kier molecular flexibility index (Phi) is 5.44. The molecule has 0 aromatic heterocycles. The van der Waals surface area contributed by atoms with Gasteiger partial charge in [-0.3, -0.25) is 14.5 Å². The summed E-state index contributed by atoms with van der Waals surface area (Å²) in [5.41, 5.74) is -1.23. The number of nitrogens with zero attached hydrogens (tertiary/aromatic N) is 1. The van der Waals surface area contributed by atoms with E-state index in [1.807, 2.05) is 27.8 Å². The van der Waals surface area contributed by atoms with Crippen molar-refractivity contribution in [3.8, 4) is 0 Å². The number of fused-ring (bicyclic) bond motifs is 1. The van der Waals surface area contributed by atoms with Crippen LogP contribution >= 0.6 is 0 Å². The fourth-order valence-electron chi connectivity index (χ4n) is 10.9. The summed E-state index contributed by atoms with van der Waals surface area (Å²) in [5, 5.41) is 24.3. The molecule has 2 N–H and O–H groups in total. The maximum atomic E-state index is 13.1. The summed E-state index contributed by atoms with van der Waals surface area (Å²) in [6.45, 7) is 11.8. The minimum Gasteiger partial charge on any atom is -0.462 e. The van der Waals surface area contributed by atoms with E-state index in [0.717, 1.165) is 11.9 Å². The minimum absolute atomic E-state index is 0.110. The zero-order valence-corrected chi connectivity index (χ0v) is 22.6. The van der Waals surface area contributed by atoms with Crippen molar-refractivity contribution >= 4 is 18.2 Å². The van der Waals surface area contributed by atoms with Gasteiger partial charge in [0, 0.05) is 52.5 Å². The maximum absolute atomic E-state index is 13.1. The highest BCUT2D eigenvalue weighted by Gasteiger charge is 2.90. The first-order chi connectivity index (χ1) is 17.4. The molecule has 0 unspecified atom stereocenters. The van der Waals surface area contributed by atoms with Crippen LogP contribution in [-0.2, 0) is 23.9 Å². The number of piperidine rings is 1. The molecule has 14 atom stereocenters. The molecule has 2 saturated heterocycles. The summed E-state index contributed by atoms with van der Waals surface area (Å²) in [4.78, 5) is 40.5. The molecule has 0 aromatic carbocycles. The van der Waals surface area contributed by atoms with Gasteiger partial charge in [0.05, 0.1) is 18.1 Å². The molecule has 6 aliphatic carbocycles. The maximum Gasteiger partial charge on any atom is 0.308 e. The Labute approximate surface area is 218 Å². The molecule has 204 valence electrons. The summed E-state index contributed by atoms with van der Waals surface area (Å²) < 4.78 is 12.2. The van der Waals surface area contributed by atoms with Crippen LogP contribution in [0.4, 0.5) is 0 Å². The first kappa shape index (κ1) is 25.5. The van der Waals surface area contributed by atoms with Gasteiger partial charge in [-0.15, -0.1) is 0 Å². The fraction of sp³-hybridized carbons (Fsp3) is 0.828. The Morgan fingerprint density at radius 1 is 1.19 bits per heavy atom. The van der Waals surface area contributed by atoms with Gasteiger partial charge in [-0.1, -0.05) is 39.8 Å². The number of aldehydes is 1. The van der Waals surface area contributed by atoms with E-state index in [1.54, 1.807) is 6.92 Å². The van der Waals surface area contributed by atoms with Crippen molar-refractivity contribution in [3.05, 3.63) is 12.2 Å². The Balaban J connectivity index is 1.53. The molecule has 2 aliphatic heterocycles. The molecule has 6 saturated carbocycles. The number of rotatable bonds is 6. The van der Waals surface area contributed by atoms with Crippen molar-refractivity contribution < 1.29 is 34.1 Å². The Hall–Kier alpha value is -1.77. The van der Waals surface area contributed by atoms with Crippen molar-refractivity contribution in [2.75, 3.05) is 7.05 Å². The molecule has 0 amide bonds. The van der Waals surface area contributed by atoms with Crippen molar-refractivity contribution in [2.24, 2.45) is 45.8 Å². The Morgan fingerprint density at radius 3 is 2.51 bits per heavy atom. The van der Waals surface area contributed by atoms with Crippen molar-refractivity contribution in [3.63, 3.8) is 0 Å². The molecule has 7 bridgehead atoms. The van der Waals surface area contributed by atoms with Crippen LogP contribution in [0.1, 0.15) is 59.8 Å². The molecule has 2 heterocycles. The summed E-state index contributed by atoms with van der Waals surface area (Å²) in [6, 6.07) is -0.378. The van der Waals surface area contributed by atoms with E-state index in [9.17, 15) is 24.6 Å². The third-order valence-corrected chi connectivity index (χ3v) is 11.9. The highest BCUT2D eigenvalue weighted by atomic mass is 16.5. The predicted octanol–water partition coefficient (Wildman–Crippen LogP) is 2.11. The van der Waals surface area contributed by atoms with E-state index in [1.165, 1.54) is 0 Å². The molecule has 0 aromatic rings. The Bertz CT molecular complexity index is 1060. The van der Waals surface area contributed by atoms with Crippen molar-refractivity contribution in [2.45, 2.75) is 96.3 Å². The average molecular weight is 516 g/mol. The fourth-order valence-corrected chi connectivity index (χ4v) is 10.9. The minimum atomic E-state index is -0.863. The number of ether oxygens (including phenoxy) is 2. The SMILES string of the molecule is C=C1C[C@]23[C@@H]4[C@@H](OC(=O)[C@H](C)CC)[C@H]1[C@@H](O)[C@H]2[C@]12C[C@@H](OC(=O)CC)C[C@@](C)(C=O)[C@H]1[C@H]([C@@H]3O)N(C)[C@H]42. The normalized spacial score (nSPS) is 53.6. The Morgan fingerprint density at radius 2 is 1.89 bits per heavy atom. The largest absolute Gasteiger partial charge is 0.462 e. The topological polar surface area (TPSA) is 113 Å². The lowest BCUT2D eigenvalue weighted by Gasteiger charge is -2.69. The van der Waals surface area contributed by atoms with Crippen LogP contribution in [0.3, 0.4) is 0 Å². The number of hydrogen-bond donors (Lipinski definition) is 2. The van der Waals surface area contributed by atoms with Gasteiger partial charge < -0.3 is 24.5 Å². The van der Waals surface area contributed by atoms with E-state index >= 15 is 0 Å². The molecule has 8 rings (SSSR count). The molecule has 8 heteroatoms. The van der Waals surface area contributed by atoms with E-state index < -0.39 is 46.6 Å². The third kappa shape index (κ3) is 2.73. The number of esters is 2. The zero-order valence-electron chi connectivity index (χ0n) is 22.6. The number of aliphatic hydroxyl groups is 2. The number of hydrogen-bond acceptors (Lipinski definition) is 8. The van der Waals surface area contributed by atoms with Crippen LogP contribution in [0.25, 0.3) is 0 Å². The third-order valence-electron chi connectivity index (χ3n) is 11.9. The number of carbonyl (C=O) groups excluding carboxylic acids is 3. The second-order valence-electron chi connectivity index (χ2n) is 13.3. The van der Waals surface area contributed by atoms with E-state index in [2.05, 4.69) is 11.5 Å². The van der Waals surface area contributed by atoms with Crippen LogP contribution in [0.2, 0.25) is 0 Å². The van der Waals surface area contributed by atoms with Gasteiger partial charge in [-0.05, 0) is 38.6 Å². The molecular formula is C29H41NO7. The molecule has 8 nitrogen and oxygen atoms in total. The first-order valence-corrected chi connectivity index (χ1v) is 14.1. The van der Waals surface area contributed by atoms with Crippen LogP contribution in [0, 0.1) is 45.8 Å². The second kappa shape index (κ2) is 7.89. The highest BCUT2D eigenvalue weighted by molar-refractivity contribution is 5.72. The molecule has 8 aliphatic rings. The van der Waals surface area contributed by atoms with Gasteiger partial charge >= 0.3 is 11.9 Å². The van der Waals surface area contributed by atoms with Crippen LogP contribution < -0.4 is 0 Å². The van der Waals surface area contributed by atoms with Gasteiger partial charge in [0.2, 0.25) is 0 Å². The standard InChI is InChI=1S/C29H41NO7/c1-7-13(3)26(35)37-21-17-14(4)9-28-18(21)24-29(23(28)20(17)33)11-15(36-16(32)8-2)10-27(5,12-31)22(29)19(25(28)34)30(24)6/h12-13,15,17-25,33-34H,4,7-11H2,1-3,5-6H3/t13-,15+,17-,18-,19-,20-,21+,22-,23-,24-,25+,27+,28+,29+/m1/s1. The van der Waals surface area contributed by atoms with Crippen LogP contribution in [0.15, 0.2) is 12.2 Å². The lowest BCUT2D eigenvalue weighted by Crippen LogP contribution is -2.75. The van der Waals surface area contributed by atoms with E-state index in [4.69, 9.17) is 9.47 Å². The quantitative estimate of drug-likeness (QED) is 0.314. The number of likely N-dealkylation sites (N-methyl/N-ethyl adjacent to an activating group) is 1. The lowest BCUT2D eigenvalue weighted by molar-refractivity contribution is -0.271. The smallest absolute Gasteiger partial charge is 0.308 e. The van der Waals surface area contributed by atoms with Crippen LogP contribution in [0.5, 0.6) is 0 Å². The summed E-state index contributed by atoms with van der Waals surface area (Å²) in [6.07, 6.45) is 0.725. The predicted molar refractivity (Wildman–Crippen MR) is 133 cm³/mol. The van der Waals surface area contributed by atoms with Gasteiger partial charge in [-0.25, -0.2) is 0 Å². The molecule has 0 radical (unpaired) electrons.